The summed E-state index contributed by atoms with van der Waals surface area (Å²) in [4.78, 5) is 31.2. The van der Waals surface area contributed by atoms with Crippen LogP contribution in [0.4, 0.5) is 11.4 Å². The van der Waals surface area contributed by atoms with Gasteiger partial charge < -0.3 is 14.6 Å². The van der Waals surface area contributed by atoms with Gasteiger partial charge in [0.15, 0.2) is 23.3 Å². The number of anilines is 1. The van der Waals surface area contributed by atoms with E-state index in [2.05, 4.69) is 0 Å². The molecule has 1 amide bonds. The number of amides is 1. The van der Waals surface area contributed by atoms with Crippen LogP contribution in [0.2, 0.25) is 10.0 Å². The predicted octanol–water partition coefficient (Wildman–Crippen LogP) is 7.28. The van der Waals surface area contributed by atoms with Crippen molar-refractivity contribution in [3.05, 3.63) is 86.2 Å². The van der Waals surface area contributed by atoms with Crippen LogP contribution in [0.25, 0.3) is 6.08 Å². The zero-order chi connectivity index (χ0) is 27.4. The molecule has 0 aliphatic carbocycles. The van der Waals surface area contributed by atoms with Crippen LogP contribution in [-0.4, -0.2) is 35.4 Å². The third kappa shape index (κ3) is 6.32. The first-order valence-corrected chi connectivity index (χ1v) is 13.2. The lowest BCUT2D eigenvalue weighted by Crippen LogP contribution is -2.28. The van der Waals surface area contributed by atoms with Crippen molar-refractivity contribution >= 4 is 69.5 Å². The number of amidine groups is 1. The molecule has 0 radical (unpaired) electrons. The Hall–Kier alpha value is -3.46. The van der Waals surface area contributed by atoms with E-state index in [1.807, 2.05) is 45.0 Å². The maximum absolute atomic E-state index is 13.6. The molecule has 0 atom stereocenters. The number of carboxylic acids is 1. The van der Waals surface area contributed by atoms with Gasteiger partial charge >= 0.3 is 5.97 Å². The second kappa shape index (κ2) is 11.9. The Morgan fingerprint density at radius 2 is 1.71 bits per heavy atom. The Labute approximate surface area is 234 Å². The van der Waals surface area contributed by atoms with E-state index in [0.717, 1.165) is 11.1 Å². The van der Waals surface area contributed by atoms with Gasteiger partial charge in [0, 0.05) is 10.0 Å². The summed E-state index contributed by atoms with van der Waals surface area (Å²) < 4.78 is 11.0. The lowest BCUT2D eigenvalue weighted by molar-refractivity contribution is -0.139. The quantitative estimate of drug-likeness (QED) is 0.286. The zero-order valence-corrected chi connectivity index (χ0v) is 23.2. The number of ether oxygens (including phenoxy) is 2. The summed E-state index contributed by atoms with van der Waals surface area (Å²) in [6, 6.07) is 15.9. The fourth-order valence-electron chi connectivity index (χ4n) is 3.55. The molecule has 196 valence electrons. The largest absolute Gasteiger partial charge is 0.490 e. The van der Waals surface area contributed by atoms with Gasteiger partial charge in [-0.25, -0.2) is 9.79 Å². The number of hydrogen-bond donors (Lipinski definition) is 1. The number of aliphatic imine (C=N–C) groups is 1. The summed E-state index contributed by atoms with van der Waals surface area (Å²) in [5, 5.41) is 10.5. The number of carboxylic acid groups (broad SMARTS) is 1. The van der Waals surface area contributed by atoms with Gasteiger partial charge in [0.05, 0.1) is 22.9 Å². The van der Waals surface area contributed by atoms with Crippen LogP contribution in [0, 0.1) is 13.8 Å². The van der Waals surface area contributed by atoms with E-state index >= 15 is 0 Å². The van der Waals surface area contributed by atoms with Crippen molar-refractivity contribution in [2.75, 3.05) is 18.1 Å². The molecule has 1 aliphatic heterocycles. The minimum absolute atomic E-state index is 0.268. The lowest BCUT2D eigenvalue weighted by Gasteiger charge is -2.16. The number of carbonyl (C=O) groups excluding carboxylic acids is 1. The van der Waals surface area contributed by atoms with Crippen molar-refractivity contribution in [3.8, 4) is 11.5 Å². The summed E-state index contributed by atoms with van der Waals surface area (Å²) in [6.45, 7) is 5.47. The molecule has 3 aromatic rings. The summed E-state index contributed by atoms with van der Waals surface area (Å²) in [7, 11) is 0. The van der Waals surface area contributed by atoms with E-state index in [0.29, 0.717) is 55.2 Å². The van der Waals surface area contributed by atoms with Crippen molar-refractivity contribution in [2.24, 2.45) is 4.99 Å². The molecule has 10 heteroatoms. The van der Waals surface area contributed by atoms with Gasteiger partial charge in [0.2, 0.25) is 0 Å². The van der Waals surface area contributed by atoms with E-state index in [1.165, 1.54) is 16.7 Å². The van der Waals surface area contributed by atoms with Gasteiger partial charge in [-0.05, 0) is 91.7 Å². The molecule has 0 unspecified atom stereocenters. The highest BCUT2D eigenvalue weighted by atomic mass is 35.5. The van der Waals surface area contributed by atoms with Crippen LogP contribution < -0.4 is 14.4 Å². The first-order chi connectivity index (χ1) is 18.2. The Kier molecular flexibility index (Phi) is 8.66. The Balaban J connectivity index is 1.75. The highest BCUT2D eigenvalue weighted by Crippen LogP contribution is 2.39. The number of halogens is 2. The van der Waals surface area contributed by atoms with Gasteiger partial charge in [0.25, 0.3) is 5.91 Å². The second-order valence-electron chi connectivity index (χ2n) is 8.33. The molecule has 4 rings (SSSR count). The normalized spacial score (nSPS) is 15.4. The lowest BCUT2D eigenvalue weighted by atomic mass is 10.1. The number of hydrogen-bond acceptors (Lipinski definition) is 6. The molecule has 0 bridgehead atoms. The number of nitrogens with zero attached hydrogens (tertiary/aromatic N) is 2. The molecule has 1 saturated heterocycles. The third-order valence-electron chi connectivity index (χ3n) is 5.52. The first kappa shape index (κ1) is 27.6. The smallest absolute Gasteiger partial charge is 0.341 e. The molecule has 38 heavy (non-hydrogen) atoms. The standard InChI is InChI=1S/C28H24Cl2N2O5S/c1-4-36-24-11-18(7-10-23(24)37-15-26(33)34)12-25-27(35)32(20-9-6-17(3)22(30)14-20)28(38-25)31-19-8-5-16(2)21(29)13-19/h5-14H,4,15H2,1-3H3,(H,33,34)/b25-12+,31-28?. The predicted molar refractivity (Wildman–Crippen MR) is 153 cm³/mol. The molecule has 3 aromatic carbocycles. The summed E-state index contributed by atoms with van der Waals surface area (Å²) in [6.07, 6.45) is 1.73. The molecule has 1 fully saturated rings. The highest BCUT2D eigenvalue weighted by Gasteiger charge is 2.35. The van der Waals surface area contributed by atoms with Crippen molar-refractivity contribution in [1.82, 2.24) is 0 Å². The van der Waals surface area contributed by atoms with Crippen LogP contribution in [-0.2, 0) is 9.59 Å². The third-order valence-corrected chi connectivity index (χ3v) is 7.30. The van der Waals surface area contributed by atoms with Crippen LogP contribution >= 0.6 is 35.0 Å². The Morgan fingerprint density at radius 1 is 1.00 bits per heavy atom. The van der Waals surface area contributed by atoms with E-state index in [9.17, 15) is 9.59 Å². The highest BCUT2D eigenvalue weighted by molar-refractivity contribution is 8.19. The summed E-state index contributed by atoms with van der Waals surface area (Å²) >= 11 is 13.9. The number of thioether (sulfide) groups is 1. The molecule has 1 heterocycles. The molecule has 1 aliphatic rings. The fourth-order valence-corrected chi connectivity index (χ4v) is 4.90. The van der Waals surface area contributed by atoms with Gasteiger partial charge in [-0.1, -0.05) is 41.4 Å². The average molecular weight is 571 g/mol. The van der Waals surface area contributed by atoms with Gasteiger partial charge in [-0.15, -0.1) is 0 Å². The minimum Gasteiger partial charge on any atom is -0.490 e. The number of aryl methyl sites for hydroxylation is 2. The topological polar surface area (TPSA) is 88.4 Å². The van der Waals surface area contributed by atoms with E-state index in [-0.39, 0.29) is 5.91 Å². The summed E-state index contributed by atoms with van der Waals surface area (Å²) in [5.41, 5.74) is 3.69. The summed E-state index contributed by atoms with van der Waals surface area (Å²) in [5.74, 6) is -0.680. The zero-order valence-electron chi connectivity index (χ0n) is 20.8. The number of aliphatic carboxylic acids is 1. The fraction of sp³-hybridized carbons (Fsp3) is 0.179. The maximum atomic E-state index is 13.6. The Bertz CT molecular complexity index is 1470. The van der Waals surface area contributed by atoms with Crippen LogP contribution in [0.3, 0.4) is 0 Å². The van der Waals surface area contributed by atoms with Crippen molar-refractivity contribution < 1.29 is 24.2 Å². The maximum Gasteiger partial charge on any atom is 0.341 e. The van der Waals surface area contributed by atoms with Crippen molar-refractivity contribution in [1.29, 1.82) is 0 Å². The molecule has 0 saturated carbocycles. The SMILES string of the molecule is CCOc1cc(/C=C2/SC(=Nc3ccc(C)c(Cl)c3)N(c3ccc(C)c(Cl)c3)C2=O)ccc1OCC(=O)O. The van der Waals surface area contributed by atoms with Gasteiger partial charge in [-0.2, -0.15) is 0 Å². The van der Waals surface area contributed by atoms with Gasteiger partial charge in [-0.3, -0.25) is 9.69 Å². The van der Waals surface area contributed by atoms with Crippen LogP contribution in [0.5, 0.6) is 11.5 Å². The Morgan fingerprint density at radius 3 is 2.37 bits per heavy atom. The van der Waals surface area contributed by atoms with Crippen LogP contribution in [0.15, 0.2) is 64.5 Å². The molecule has 0 spiro atoms. The number of rotatable bonds is 8. The molecule has 0 aromatic heterocycles. The van der Waals surface area contributed by atoms with E-state index in [4.69, 9.17) is 42.8 Å². The van der Waals surface area contributed by atoms with Crippen molar-refractivity contribution in [3.63, 3.8) is 0 Å². The van der Waals surface area contributed by atoms with Crippen LogP contribution in [0.1, 0.15) is 23.6 Å². The molecular formula is C28H24Cl2N2O5S. The number of benzene rings is 3. The molecular weight excluding hydrogens is 547 g/mol. The monoisotopic (exact) mass is 570 g/mol. The average Bonchev–Trinajstić information content (AvgIpc) is 3.17. The minimum atomic E-state index is -1.09. The van der Waals surface area contributed by atoms with E-state index in [1.54, 1.807) is 36.4 Å². The van der Waals surface area contributed by atoms with Gasteiger partial charge in [0.1, 0.15) is 0 Å². The van der Waals surface area contributed by atoms with Crippen molar-refractivity contribution in [2.45, 2.75) is 20.8 Å². The first-order valence-electron chi connectivity index (χ1n) is 11.6. The number of carbonyl (C=O) groups is 2. The molecule has 1 N–H and O–H groups in total. The second-order valence-corrected chi connectivity index (χ2v) is 10.2. The van der Waals surface area contributed by atoms with E-state index < -0.39 is 12.6 Å². The molecule has 7 nitrogen and oxygen atoms in total.